The van der Waals surface area contributed by atoms with E-state index in [1.807, 2.05) is 19.6 Å². The molecule has 2 saturated heterocycles. The summed E-state index contributed by atoms with van der Waals surface area (Å²) in [6.07, 6.45) is 7.04. The van der Waals surface area contributed by atoms with Crippen molar-refractivity contribution in [3.8, 4) is 0 Å². The van der Waals surface area contributed by atoms with E-state index in [4.69, 9.17) is 0 Å². The van der Waals surface area contributed by atoms with Gasteiger partial charge in [-0.3, -0.25) is 9.89 Å². The number of likely N-dealkylation sites (N-methyl/N-ethyl adjacent to an activating group) is 1. The zero-order chi connectivity index (χ0) is 22.3. The van der Waals surface area contributed by atoms with Crippen molar-refractivity contribution in [3.05, 3.63) is 54.1 Å². The Morgan fingerprint density at radius 3 is 2.39 bits per heavy atom. The molecule has 4 rings (SSSR count). The number of likely N-dealkylation sites (tertiary alicyclic amines) is 1. The van der Waals surface area contributed by atoms with Crippen molar-refractivity contribution in [3.63, 3.8) is 0 Å². The molecule has 182 valence electrons. The lowest BCUT2D eigenvalue weighted by molar-refractivity contribution is 0.132. The SMILES string of the molecule is CCN1CCN(Cc2ccc(CNC(=NC)N3CCC(C)C(n4ccnc4)C3)cc2)CC1.I. The van der Waals surface area contributed by atoms with Crippen molar-refractivity contribution in [1.82, 2.24) is 29.6 Å². The van der Waals surface area contributed by atoms with Gasteiger partial charge in [0.2, 0.25) is 0 Å². The van der Waals surface area contributed by atoms with E-state index in [1.165, 1.54) is 43.9 Å². The fourth-order valence-electron chi connectivity index (χ4n) is 4.89. The monoisotopic (exact) mass is 565 g/mol. The van der Waals surface area contributed by atoms with Crippen LogP contribution in [0.1, 0.15) is 37.4 Å². The Morgan fingerprint density at radius 1 is 1.06 bits per heavy atom. The number of piperazine rings is 1. The maximum Gasteiger partial charge on any atom is 0.193 e. The molecule has 3 heterocycles. The maximum absolute atomic E-state index is 4.57. The summed E-state index contributed by atoms with van der Waals surface area (Å²) in [6.45, 7) is 14.3. The van der Waals surface area contributed by atoms with Gasteiger partial charge < -0.3 is 19.7 Å². The minimum atomic E-state index is 0. The maximum atomic E-state index is 4.57. The van der Waals surface area contributed by atoms with E-state index in [1.54, 1.807) is 0 Å². The lowest BCUT2D eigenvalue weighted by Crippen LogP contribution is -2.48. The summed E-state index contributed by atoms with van der Waals surface area (Å²) in [5.41, 5.74) is 2.69. The van der Waals surface area contributed by atoms with Crippen molar-refractivity contribution in [2.24, 2.45) is 10.9 Å². The smallest absolute Gasteiger partial charge is 0.193 e. The lowest BCUT2D eigenvalue weighted by atomic mass is 9.93. The standard InChI is InChI=1S/C25H39N7.HI/c1-4-29-13-15-30(16-14-29)18-23-7-5-22(6-8-23)17-28-25(26-3)31-11-9-21(2)24(19-31)32-12-10-27-20-32;/h5-8,10,12,20-21,24H,4,9,11,13-19H2,1-3H3,(H,26,28);1H. The van der Waals surface area contributed by atoms with E-state index >= 15 is 0 Å². The quantitative estimate of drug-likeness (QED) is 0.331. The fourth-order valence-corrected chi connectivity index (χ4v) is 4.89. The zero-order valence-electron chi connectivity index (χ0n) is 20.4. The molecule has 2 atom stereocenters. The Bertz CT molecular complexity index is 844. The number of aliphatic imine (C=N–C) groups is 1. The second-order valence-electron chi connectivity index (χ2n) is 9.22. The van der Waals surface area contributed by atoms with Crippen LogP contribution in [0, 0.1) is 5.92 Å². The van der Waals surface area contributed by atoms with Crippen LogP contribution in [0.25, 0.3) is 0 Å². The van der Waals surface area contributed by atoms with Crippen molar-refractivity contribution in [1.29, 1.82) is 0 Å². The minimum Gasteiger partial charge on any atom is -0.352 e. The second-order valence-corrected chi connectivity index (χ2v) is 9.22. The molecule has 1 aromatic heterocycles. The summed E-state index contributed by atoms with van der Waals surface area (Å²) in [7, 11) is 1.88. The number of hydrogen-bond donors (Lipinski definition) is 1. The second kappa shape index (κ2) is 12.7. The highest BCUT2D eigenvalue weighted by Gasteiger charge is 2.28. The molecule has 2 aromatic rings. The van der Waals surface area contributed by atoms with E-state index in [9.17, 15) is 0 Å². The summed E-state index contributed by atoms with van der Waals surface area (Å²) < 4.78 is 2.24. The molecule has 0 amide bonds. The first-order chi connectivity index (χ1) is 15.7. The van der Waals surface area contributed by atoms with Crippen LogP contribution in [0.5, 0.6) is 0 Å². The minimum absolute atomic E-state index is 0. The molecule has 0 saturated carbocycles. The molecule has 33 heavy (non-hydrogen) atoms. The van der Waals surface area contributed by atoms with Gasteiger partial charge in [0.1, 0.15) is 0 Å². The van der Waals surface area contributed by atoms with Gasteiger partial charge in [-0.25, -0.2) is 4.98 Å². The molecular formula is C25H40IN7. The molecule has 2 unspecified atom stereocenters. The number of aromatic nitrogens is 2. The third kappa shape index (κ3) is 6.93. The zero-order valence-corrected chi connectivity index (χ0v) is 22.7. The Labute approximate surface area is 216 Å². The highest BCUT2D eigenvalue weighted by Crippen LogP contribution is 2.27. The normalized spacial score (nSPS) is 22.8. The van der Waals surface area contributed by atoms with E-state index < -0.39 is 0 Å². The van der Waals surface area contributed by atoms with Crippen molar-refractivity contribution in [2.45, 2.75) is 39.4 Å². The molecule has 0 bridgehead atoms. The molecule has 0 spiro atoms. The van der Waals surface area contributed by atoms with Crippen LogP contribution in [-0.2, 0) is 13.1 Å². The molecule has 8 heteroatoms. The predicted octanol–water partition coefficient (Wildman–Crippen LogP) is 3.30. The lowest BCUT2D eigenvalue weighted by Gasteiger charge is -2.39. The van der Waals surface area contributed by atoms with Gasteiger partial charge >= 0.3 is 0 Å². The van der Waals surface area contributed by atoms with Gasteiger partial charge in [0.25, 0.3) is 0 Å². The van der Waals surface area contributed by atoms with Crippen LogP contribution >= 0.6 is 24.0 Å². The molecule has 1 N–H and O–H groups in total. The molecule has 2 aliphatic heterocycles. The van der Waals surface area contributed by atoms with Crippen LogP contribution in [0.2, 0.25) is 0 Å². The van der Waals surface area contributed by atoms with Gasteiger partial charge in [-0.05, 0) is 30.0 Å². The van der Waals surface area contributed by atoms with E-state index in [0.29, 0.717) is 12.0 Å². The topological polar surface area (TPSA) is 51.9 Å². The van der Waals surface area contributed by atoms with Gasteiger partial charge in [0.15, 0.2) is 5.96 Å². The predicted molar refractivity (Wildman–Crippen MR) is 146 cm³/mol. The van der Waals surface area contributed by atoms with Gasteiger partial charge in [0, 0.05) is 71.8 Å². The van der Waals surface area contributed by atoms with Crippen LogP contribution < -0.4 is 5.32 Å². The summed E-state index contributed by atoms with van der Waals surface area (Å²) in [4.78, 5) is 16.3. The van der Waals surface area contributed by atoms with Crippen molar-refractivity contribution < 1.29 is 0 Å². The van der Waals surface area contributed by atoms with E-state index in [-0.39, 0.29) is 24.0 Å². The molecule has 2 fully saturated rings. The first kappa shape index (κ1) is 26.0. The van der Waals surface area contributed by atoms with Crippen molar-refractivity contribution in [2.75, 3.05) is 52.9 Å². The molecule has 0 radical (unpaired) electrons. The van der Waals surface area contributed by atoms with Crippen LogP contribution in [-0.4, -0.2) is 83.1 Å². The average molecular weight is 566 g/mol. The number of hydrogen-bond acceptors (Lipinski definition) is 4. The number of piperidine rings is 1. The summed E-state index contributed by atoms with van der Waals surface area (Å²) >= 11 is 0. The van der Waals surface area contributed by atoms with Gasteiger partial charge in [0.05, 0.1) is 12.4 Å². The van der Waals surface area contributed by atoms with Crippen LogP contribution in [0.3, 0.4) is 0 Å². The first-order valence-electron chi connectivity index (χ1n) is 12.1. The van der Waals surface area contributed by atoms with Crippen LogP contribution in [0.4, 0.5) is 0 Å². The van der Waals surface area contributed by atoms with Gasteiger partial charge in [-0.15, -0.1) is 24.0 Å². The summed E-state index contributed by atoms with van der Waals surface area (Å²) in [5.74, 6) is 1.62. The first-order valence-corrected chi connectivity index (χ1v) is 12.1. The number of benzene rings is 1. The Morgan fingerprint density at radius 2 is 1.76 bits per heavy atom. The Balaban J connectivity index is 0.00000306. The van der Waals surface area contributed by atoms with E-state index in [2.05, 4.69) is 78.9 Å². The highest BCUT2D eigenvalue weighted by molar-refractivity contribution is 14.0. The van der Waals surface area contributed by atoms with Crippen molar-refractivity contribution >= 4 is 29.9 Å². The third-order valence-electron chi connectivity index (χ3n) is 7.13. The van der Waals surface area contributed by atoms with E-state index in [0.717, 1.165) is 38.6 Å². The average Bonchev–Trinajstić information content (AvgIpc) is 3.37. The third-order valence-corrected chi connectivity index (χ3v) is 7.13. The molecule has 2 aliphatic rings. The van der Waals surface area contributed by atoms with Gasteiger partial charge in [-0.1, -0.05) is 38.1 Å². The number of halogens is 1. The fraction of sp³-hybridized carbons (Fsp3) is 0.600. The number of imidazole rings is 1. The molecule has 7 nitrogen and oxygen atoms in total. The summed E-state index contributed by atoms with van der Waals surface area (Å²) in [6, 6.07) is 9.51. The highest BCUT2D eigenvalue weighted by atomic mass is 127. The number of nitrogens with zero attached hydrogens (tertiary/aromatic N) is 6. The summed E-state index contributed by atoms with van der Waals surface area (Å²) in [5, 5.41) is 3.58. The number of guanidine groups is 1. The van der Waals surface area contributed by atoms with Gasteiger partial charge in [-0.2, -0.15) is 0 Å². The van der Waals surface area contributed by atoms with Crippen LogP contribution in [0.15, 0.2) is 48.0 Å². The Hall–Kier alpha value is -1.65. The Kier molecular flexibility index (Phi) is 10.0. The molecule has 1 aromatic carbocycles. The molecule has 0 aliphatic carbocycles. The molecular weight excluding hydrogens is 525 g/mol. The largest absolute Gasteiger partial charge is 0.352 e. The number of rotatable bonds is 6. The number of nitrogens with one attached hydrogen (secondary N) is 1.